The Kier molecular flexibility index (Phi) is 6.57. The van der Waals surface area contributed by atoms with Crippen LogP contribution in [0.4, 0.5) is 0 Å². The Hall–Kier alpha value is -2.54. The molecule has 1 aromatic heterocycles. The lowest BCUT2D eigenvalue weighted by atomic mass is 10.1. The van der Waals surface area contributed by atoms with Crippen LogP contribution in [0.15, 0.2) is 29.6 Å². The second-order valence-corrected chi connectivity index (χ2v) is 7.91. The molecule has 0 unspecified atom stereocenters. The minimum absolute atomic E-state index is 0.0610. The first kappa shape index (κ1) is 20.2. The van der Waals surface area contributed by atoms with Crippen molar-refractivity contribution < 1.29 is 19.1 Å². The van der Waals surface area contributed by atoms with Crippen LogP contribution < -0.4 is 9.47 Å². The Morgan fingerprint density at radius 3 is 2.57 bits per heavy atom. The van der Waals surface area contributed by atoms with Crippen molar-refractivity contribution in [3.63, 3.8) is 0 Å². The molecule has 3 rings (SSSR count). The smallest absolute Gasteiger partial charge is 0.242 e. The molecule has 0 bridgehead atoms. The third-order valence-corrected chi connectivity index (χ3v) is 5.74. The Bertz CT molecular complexity index is 849. The zero-order valence-corrected chi connectivity index (χ0v) is 17.4. The van der Waals surface area contributed by atoms with Gasteiger partial charge in [0.2, 0.25) is 18.6 Å². The van der Waals surface area contributed by atoms with Gasteiger partial charge in [-0.15, -0.1) is 11.3 Å². The number of amides is 2. The standard InChI is InChI=1S/C21H26N2O4S/c1-4-8-22(16(3)24)13-21(25)23(12-20-15(2)7-9-28-20)11-17-5-6-18-19(10-17)27-14-26-18/h5-7,9-10H,4,8,11-14H2,1-3H3. The van der Waals surface area contributed by atoms with Crippen molar-refractivity contribution in [3.8, 4) is 11.5 Å². The Balaban J connectivity index is 1.79. The maximum absolute atomic E-state index is 13.1. The number of benzene rings is 1. The van der Waals surface area contributed by atoms with Gasteiger partial charge < -0.3 is 19.3 Å². The maximum atomic E-state index is 13.1. The summed E-state index contributed by atoms with van der Waals surface area (Å²) in [5.74, 6) is 1.29. The number of carbonyl (C=O) groups excluding carboxylic acids is 2. The lowest BCUT2D eigenvalue weighted by molar-refractivity contribution is -0.140. The van der Waals surface area contributed by atoms with Gasteiger partial charge in [-0.25, -0.2) is 0 Å². The summed E-state index contributed by atoms with van der Waals surface area (Å²) in [6.07, 6.45) is 0.819. The molecule has 0 radical (unpaired) electrons. The first-order valence-electron chi connectivity index (χ1n) is 9.42. The number of ether oxygens (including phenoxy) is 2. The summed E-state index contributed by atoms with van der Waals surface area (Å²) in [6, 6.07) is 7.79. The van der Waals surface area contributed by atoms with Crippen molar-refractivity contribution in [1.29, 1.82) is 0 Å². The van der Waals surface area contributed by atoms with Gasteiger partial charge in [-0.1, -0.05) is 13.0 Å². The number of aryl methyl sites for hydroxylation is 1. The topological polar surface area (TPSA) is 59.1 Å². The average molecular weight is 403 g/mol. The summed E-state index contributed by atoms with van der Waals surface area (Å²) in [6.45, 7) is 7.43. The van der Waals surface area contributed by atoms with Gasteiger partial charge in [0.25, 0.3) is 0 Å². The molecule has 1 aliphatic heterocycles. The van der Waals surface area contributed by atoms with Crippen LogP contribution in [0.3, 0.4) is 0 Å². The summed E-state index contributed by atoms with van der Waals surface area (Å²) in [7, 11) is 0. The molecule has 2 aromatic rings. The molecule has 0 atom stereocenters. The highest BCUT2D eigenvalue weighted by Gasteiger charge is 2.22. The fraction of sp³-hybridized carbons (Fsp3) is 0.429. The van der Waals surface area contributed by atoms with Gasteiger partial charge in [0, 0.05) is 24.9 Å². The number of fused-ring (bicyclic) bond motifs is 1. The fourth-order valence-corrected chi connectivity index (χ4v) is 4.03. The van der Waals surface area contributed by atoms with Gasteiger partial charge in [0.15, 0.2) is 11.5 Å². The van der Waals surface area contributed by atoms with Crippen molar-refractivity contribution in [2.75, 3.05) is 19.9 Å². The lowest BCUT2D eigenvalue weighted by Gasteiger charge is -2.27. The summed E-state index contributed by atoms with van der Waals surface area (Å²) >= 11 is 1.64. The van der Waals surface area contributed by atoms with Gasteiger partial charge in [-0.05, 0) is 48.1 Å². The van der Waals surface area contributed by atoms with Gasteiger partial charge in [0.1, 0.15) is 0 Å². The van der Waals surface area contributed by atoms with Crippen molar-refractivity contribution >= 4 is 23.2 Å². The number of carbonyl (C=O) groups is 2. The predicted octanol–water partition coefficient (Wildman–Crippen LogP) is 3.57. The van der Waals surface area contributed by atoms with Crippen molar-refractivity contribution in [2.24, 2.45) is 0 Å². The monoisotopic (exact) mass is 402 g/mol. The van der Waals surface area contributed by atoms with Gasteiger partial charge >= 0.3 is 0 Å². The number of rotatable bonds is 8. The predicted molar refractivity (Wildman–Crippen MR) is 108 cm³/mol. The molecule has 0 N–H and O–H groups in total. The van der Waals surface area contributed by atoms with Crippen molar-refractivity contribution in [3.05, 3.63) is 45.6 Å². The van der Waals surface area contributed by atoms with E-state index in [2.05, 4.69) is 6.07 Å². The highest BCUT2D eigenvalue weighted by atomic mass is 32.1. The van der Waals surface area contributed by atoms with E-state index in [9.17, 15) is 9.59 Å². The Morgan fingerprint density at radius 2 is 1.89 bits per heavy atom. The van der Waals surface area contributed by atoms with E-state index in [0.717, 1.165) is 22.6 Å². The molecular weight excluding hydrogens is 376 g/mol. The Labute approximate surface area is 169 Å². The number of thiophene rings is 1. The molecule has 28 heavy (non-hydrogen) atoms. The molecule has 0 fully saturated rings. The summed E-state index contributed by atoms with van der Waals surface area (Å²) in [4.78, 5) is 29.5. The zero-order chi connectivity index (χ0) is 20.1. The normalized spacial score (nSPS) is 12.1. The Morgan fingerprint density at radius 1 is 1.11 bits per heavy atom. The van der Waals surface area contributed by atoms with Crippen LogP contribution in [0.1, 0.15) is 36.3 Å². The number of nitrogens with zero attached hydrogens (tertiary/aromatic N) is 2. The largest absolute Gasteiger partial charge is 0.454 e. The summed E-state index contributed by atoms with van der Waals surface area (Å²) in [5.41, 5.74) is 2.14. The lowest BCUT2D eigenvalue weighted by Crippen LogP contribution is -2.42. The van der Waals surface area contributed by atoms with Gasteiger partial charge in [0.05, 0.1) is 13.1 Å². The third-order valence-electron chi connectivity index (χ3n) is 4.73. The first-order chi connectivity index (χ1) is 13.5. The van der Waals surface area contributed by atoms with Crippen LogP contribution in [0, 0.1) is 6.92 Å². The summed E-state index contributed by atoms with van der Waals surface area (Å²) < 4.78 is 10.8. The highest BCUT2D eigenvalue weighted by Crippen LogP contribution is 2.33. The SMILES string of the molecule is CCCN(CC(=O)N(Cc1ccc2c(c1)OCO2)Cc1sccc1C)C(C)=O. The average Bonchev–Trinajstić information content (AvgIpc) is 3.29. The molecule has 2 heterocycles. The van der Waals surface area contributed by atoms with E-state index < -0.39 is 0 Å². The molecule has 1 aromatic carbocycles. The first-order valence-corrected chi connectivity index (χ1v) is 10.3. The maximum Gasteiger partial charge on any atom is 0.242 e. The van der Waals surface area contributed by atoms with E-state index in [1.165, 1.54) is 12.5 Å². The van der Waals surface area contributed by atoms with Crippen molar-refractivity contribution in [1.82, 2.24) is 9.80 Å². The van der Waals surface area contributed by atoms with Crippen LogP contribution in [-0.2, 0) is 22.7 Å². The quantitative estimate of drug-likeness (QED) is 0.677. The summed E-state index contributed by atoms with van der Waals surface area (Å²) in [5, 5.41) is 2.03. The van der Waals surface area contributed by atoms with Crippen LogP contribution in [-0.4, -0.2) is 41.5 Å². The molecule has 0 saturated heterocycles. The minimum Gasteiger partial charge on any atom is -0.454 e. The van der Waals surface area contributed by atoms with E-state index in [0.29, 0.717) is 25.4 Å². The molecular formula is C21H26N2O4S. The van der Waals surface area contributed by atoms with E-state index in [4.69, 9.17) is 9.47 Å². The van der Waals surface area contributed by atoms with Gasteiger partial charge in [-0.2, -0.15) is 0 Å². The fourth-order valence-electron chi connectivity index (χ4n) is 3.11. The minimum atomic E-state index is -0.0782. The van der Waals surface area contributed by atoms with E-state index >= 15 is 0 Å². The molecule has 7 heteroatoms. The van der Waals surface area contributed by atoms with Crippen LogP contribution in [0.5, 0.6) is 11.5 Å². The second-order valence-electron chi connectivity index (χ2n) is 6.90. The zero-order valence-electron chi connectivity index (χ0n) is 16.6. The molecule has 1 aliphatic rings. The van der Waals surface area contributed by atoms with Crippen LogP contribution in [0.2, 0.25) is 0 Å². The molecule has 0 aliphatic carbocycles. The highest BCUT2D eigenvalue weighted by molar-refractivity contribution is 7.10. The number of hydrogen-bond donors (Lipinski definition) is 0. The van der Waals surface area contributed by atoms with E-state index in [1.54, 1.807) is 16.2 Å². The molecule has 150 valence electrons. The third kappa shape index (κ3) is 4.84. The number of hydrogen-bond acceptors (Lipinski definition) is 5. The molecule has 0 saturated carbocycles. The van der Waals surface area contributed by atoms with Crippen LogP contribution >= 0.6 is 11.3 Å². The van der Waals surface area contributed by atoms with Crippen molar-refractivity contribution in [2.45, 2.75) is 40.3 Å². The van der Waals surface area contributed by atoms with E-state index in [1.807, 2.05) is 42.3 Å². The molecule has 0 spiro atoms. The second kappa shape index (κ2) is 9.10. The molecule has 6 nitrogen and oxygen atoms in total. The van der Waals surface area contributed by atoms with E-state index in [-0.39, 0.29) is 25.2 Å². The van der Waals surface area contributed by atoms with Crippen LogP contribution in [0.25, 0.3) is 0 Å². The molecule has 2 amide bonds. The van der Waals surface area contributed by atoms with Gasteiger partial charge in [-0.3, -0.25) is 9.59 Å².